The second-order valence-electron chi connectivity index (χ2n) is 3.37. The van der Waals surface area contributed by atoms with Gasteiger partial charge in [0.25, 0.3) is 5.69 Å². The fourth-order valence-corrected chi connectivity index (χ4v) is 1.55. The predicted molar refractivity (Wildman–Crippen MR) is 66.8 cm³/mol. The lowest BCUT2D eigenvalue weighted by Gasteiger charge is -2.05. The number of nitrogen functional groups attached to an aromatic ring is 1. The summed E-state index contributed by atoms with van der Waals surface area (Å²) in [6, 6.07) is 8.98. The third kappa shape index (κ3) is 2.67. The van der Waals surface area contributed by atoms with E-state index in [2.05, 4.69) is 4.98 Å². The van der Waals surface area contributed by atoms with Crippen LogP contribution in [0, 0.1) is 10.1 Å². The van der Waals surface area contributed by atoms with Crippen molar-refractivity contribution in [3.63, 3.8) is 0 Å². The van der Waals surface area contributed by atoms with Crippen LogP contribution in [-0.4, -0.2) is 9.91 Å². The van der Waals surface area contributed by atoms with Crippen molar-refractivity contribution in [2.45, 2.75) is 0 Å². The van der Waals surface area contributed by atoms with E-state index in [1.807, 2.05) is 0 Å². The Labute approximate surface area is 107 Å². The van der Waals surface area contributed by atoms with Gasteiger partial charge in [0, 0.05) is 18.2 Å². The number of aromatic nitrogens is 1. The van der Waals surface area contributed by atoms with Gasteiger partial charge in [-0.15, -0.1) is 0 Å². The first-order chi connectivity index (χ1) is 8.56. The SMILES string of the molecule is Nc1cccc(Oc2ccc([N+](=O)[O-])c(Cl)c2)n1. The van der Waals surface area contributed by atoms with Crippen molar-refractivity contribution < 1.29 is 9.66 Å². The van der Waals surface area contributed by atoms with Crippen molar-refractivity contribution in [1.82, 2.24) is 4.98 Å². The molecule has 0 aliphatic heterocycles. The van der Waals surface area contributed by atoms with Gasteiger partial charge in [-0.25, -0.2) is 0 Å². The van der Waals surface area contributed by atoms with E-state index in [0.717, 1.165) is 0 Å². The number of anilines is 1. The second kappa shape index (κ2) is 4.89. The van der Waals surface area contributed by atoms with E-state index < -0.39 is 4.92 Å². The van der Waals surface area contributed by atoms with Crippen molar-refractivity contribution in [3.8, 4) is 11.6 Å². The van der Waals surface area contributed by atoms with Gasteiger partial charge < -0.3 is 10.5 Å². The van der Waals surface area contributed by atoms with Gasteiger partial charge in [-0.05, 0) is 12.1 Å². The minimum absolute atomic E-state index is 0.00130. The van der Waals surface area contributed by atoms with E-state index in [9.17, 15) is 10.1 Å². The van der Waals surface area contributed by atoms with Gasteiger partial charge >= 0.3 is 0 Å². The van der Waals surface area contributed by atoms with Gasteiger partial charge in [0.2, 0.25) is 5.88 Å². The van der Waals surface area contributed by atoms with E-state index in [-0.39, 0.29) is 10.7 Å². The Bertz CT molecular complexity index is 604. The van der Waals surface area contributed by atoms with Crippen LogP contribution in [0.3, 0.4) is 0 Å². The third-order valence-corrected chi connectivity index (χ3v) is 2.39. The molecule has 18 heavy (non-hydrogen) atoms. The lowest BCUT2D eigenvalue weighted by Crippen LogP contribution is -1.94. The summed E-state index contributed by atoms with van der Waals surface area (Å²) in [6.07, 6.45) is 0. The number of benzene rings is 1. The molecule has 0 bridgehead atoms. The quantitative estimate of drug-likeness (QED) is 0.680. The lowest BCUT2D eigenvalue weighted by molar-refractivity contribution is -0.384. The normalized spacial score (nSPS) is 10.1. The molecule has 1 heterocycles. The molecule has 0 aliphatic carbocycles. The standard InChI is InChI=1S/C11H8ClN3O3/c12-8-6-7(4-5-9(8)15(16)17)18-11-3-1-2-10(13)14-11/h1-6H,(H2,13,14). The van der Waals surface area contributed by atoms with Crippen molar-refractivity contribution in [1.29, 1.82) is 0 Å². The summed E-state index contributed by atoms with van der Waals surface area (Å²) in [6.45, 7) is 0. The van der Waals surface area contributed by atoms with Crippen molar-refractivity contribution >= 4 is 23.1 Å². The maximum atomic E-state index is 10.6. The molecule has 0 fully saturated rings. The van der Waals surface area contributed by atoms with Crippen LogP contribution in [0.2, 0.25) is 5.02 Å². The Morgan fingerprint density at radius 3 is 2.72 bits per heavy atom. The van der Waals surface area contributed by atoms with Crippen LogP contribution in [0.15, 0.2) is 36.4 Å². The van der Waals surface area contributed by atoms with E-state index in [1.165, 1.54) is 18.2 Å². The molecule has 1 aromatic carbocycles. The number of rotatable bonds is 3. The number of nitrogens with zero attached hydrogens (tertiary/aromatic N) is 2. The largest absolute Gasteiger partial charge is 0.439 e. The molecule has 0 spiro atoms. The monoisotopic (exact) mass is 265 g/mol. The molecule has 2 N–H and O–H groups in total. The van der Waals surface area contributed by atoms with Gasteiger partial charge in [0.05, 0.1) is 4.92 Å². The van der Waals surface area contributed by atoms with Crippen LogP contribution in [0.5, 0.6) is 11.6 Å². The molecule has 0 aliphatic rings. The highest BCUT2D eigenvalue weighted by Gasteiger charge is 2.13. The Balaban J connectivity index is 2.25. The highest BCUT2D eigenvalue weighted by molar-refractivity contribution is 6.32. The maximum absolute atomic E-state index is 10.6. The summed E-state index contributed by atoms with van der Waals surface area (Å²) in [5.41, 5.74) is 5.32. The summed E-state index contributed by atoms with van der Waals surface area (Å²) in [4.78, 5) is 14.0. The number of pyridine rings is 1. The van der Waals surface area contributed by atoms with E-state index >= 15 is 0 Å². The molecule has 0 atom stereocenters. The fraction of sp³-hybridized carbons (Fsp3) is 0. The van der Waals surface area contributed by atoms with Gasteiger partial charge in [0.1, 0.15) is 16.6 Å². The summed E-state index contributed by atoms with van der Waals surface area (Å²) < 4.78 is 5.38. The Kier molecular flexibility index (Phi) is 3.29. The zero-order valence-electron chi connectivity index (χ0n) is 9.04. The van der Waals surface area contributed by atoms with E-state index in [1.54, 1.807) is 18.2 Å². The average molecular weight is 266 g/mol. The van der Waals surface area contributed by atoms with Crippen LogP contribution in [0.4, 0.5) is 11.5 Å². The minimum atomic E-state index is -0.565. The summed E-state index contributed by atoms with van der Waals surface area (Å²) in [5, 5.41) is 10.6. The Morgan fingerprint density at radius 1 is 1.33 bits per heavy atom. The van der Waals surface area contributed by atoms with Crippen LogP contribution in [0.25, 0.3) is 0 Å². The molecule has 2 rings (SSSR count). The number of nitrogens with two attached hydrogens (primary N) is 1. The zero-order chi connectivity index (χ0) is 13.1. The lowest BCUT2D eigenvalue weighted by atomic mass is 10.3. The number of nitro groups is 1. The molecule has 0 saturated carbocycles. The highest BCUT2D eigenvalue weighted by Crippen LogP contribution is 2.30. The molecule has 7 heteroatoms. The molecular formula is C11H8ClN3O3. The zero-order valence-corrected chi connectivity index (χ0v) is 9.79. The molecule has 6 nitrogen and oxygen atoms in total. The molecule has 0 radical (unpaired) electrons. The smallest absolute Gasteiger partial charge is 0.288 e. The van der Waals surface area contributed by atoms with Gasteiger partial charge in [-0.3, -0.25) is 10.1 Å². The predicted octanol–water partition coefficient (Wildman–Crippen LogP) is 3.02. The fourth-order valence-electron chi connectivity index (χ4n) is 1.31. The number of hydrogen-bond donors (Lipinski definition) is 1. The van der Waals surface area contributed by atoms with Gasteiger partial charge in [-0.2, -0.15) is 4.98 Å². The van der Waals surface area contributed by atoms with Crippen LogP contribution in [0.1, 0.15) is 0 Å². The molecule has 92 valence electrons. The molecule has 2 aromatic rings. The number of hydrogen-bond acceptors (Lipinski definition) is 5. The number of ether oxygens (including phenoxy) is 1. The minimum Gasteiger partial charge on any atom is -0.439 e. The van der Waals surface area contributed by atoms with Crippen molar-refractivity contribution in [2.24, 2.45) is 0 Å². The van der Waals surface area contributed by atoms with Crippen LogP contribution >= 0.6 is 11.6 Å². The van der Waals surface area contributed by atoms with Crippen molar-refractivity contribution in [2.75, 3.05) is 5.73 Å². The Hall–Kier alpha value is -2.34. The highest BCUT2D eigenvalue weighted by atomic mass is 35.5. The number of halogens is 1. The molecule has 0 saturated heterocycles. The first-order valence-corrected chi connectivity index (χ1v) is 5.28. The first-order valence-electron chi connectivity index (χ1n) is 4.90. The topological polar surface area (TPSA) is 91.3 Å². The Morgan fingerprint density at radius 2 is 2.11 bits per heavy atom. The molecule has 1 aromatic heterocycles. The van der Waals surface area contributed by atoms with E-state index in [4.69, 9.17) is 22.1 Å². The maximum Gasteiger partial charge on any atom is 0.288 e. The molecule has 0 amide bonds. The van der Waals surface area contributed by atoms with E-state index in [0.29, 0.717) is 17.4 Å². The molecule has 0 unspecified atom stereocenters. The second-order valence-corrected chi connectivity index (χ2v) is 3.78. The summed E-state index contributed by atoms with van der Waals surface area (Å²) in [5.74, 6) is 0.962. The summed E-state index contributed by atoms with van der Waals surface area (Å²) >= 11 is 5.76. The van der Waals surface area contributed by atoms with Crippen molar-refractivity contribution in [3.05, 3.63) is 51.5 Å². The van der Waals surface area contributed by atoms with Crippen LogP contribution in [-0.2, 0) is 0 Å². The van der Waals surface area contributed by atoms with Gasteiger partial charge in [0.15, 0.2) is 0 Å². The van der Waals surface area contributed by atoms with Crippen LogP contribution < -0.4 is 10.5 Å². The number of nitro benzene ring substituents is 1. The first kappa shape index (κ1) is 12.1. The third-order valence-electron chi connectivity index (χ3n) is 2.08. The summed E-state index contributed by atoms with van der Waals surface area (Å²) in [7, 11) is 0. The van der Waals surface area contributed by atoms with Gasteiger partial charge in [-0.1, -0.05) is 17.7 Å². The molecular weight excluding hydrogens is 258 g/mol. The average Bonchev–Trinajstić information content (AvgIpc) is 2.28.